The third-order valence-corrected chi connectivity index (χ3v) is 5.80. The molecule has 3 rings (SSSR count). The van der Waals surface area contributed by atoms with Gasteiger partial charge in [-0.15, -0.1) is 0 Å². The minimum Gasteiger partial charge on any atom is -0.497 e. The highest BCUT2D eigenvalue weighted by Gasteiger charge is 2.33. The molecule has 0 saturated carbocycles. The molecule has 1 aliphatic rings. The van der Waals surface area contributed by atoms with Crippen LogP contribution in [0, 0.1) is 5.92 Å². The number of aliphatic imine (C=N–C) groups is 1. The highest BCUT2D eigenvalue weighted by Crippen LogP contribution is 2.36. The summed E-state index contributed by atoms with van der Waals surface area (Å²) in [5.41, 5.74) is 1.49. The standard InChI is InChI=1S/C25H28N2O6S/c1-16(2)14-27-24(29)22(34-25(27)26-18-7-9-19(30-3)10-8-18)13-17-6-11-20(21(12-17)31-4)33-15-23(28)32-5/h6-13,16H,14-15H2,1-5H3/b22-13+,26-25?. The zero-order valence-electron chi connectivity index (χ0n) is 19.9. The molecule has 1 saturated heterocycles. The van der Waals surface area contributed by atoms with E-state index in [0.717, 1.165) is 17.0 Å². The van der Waals surface area contributed by atoms with Gasteiger partial charge in [-0.3, -0.25) is 9.69 Å². The molecular formula is C25H28N2O6S. The second-order valence-corrected chi connectivity index (χ2v) is 8.80. The number of benzene rings is 2. The number of nitrogens with zero attached hydrogens (tertiary/aromatic N) is 2. The van der Waals surface area contributed by atoms with Gasteiger partial charge in [0.05, 0.1) is 31.9 Å². The Morgan fingerprint density at radius 1 is 1.06 bits per heavy atom. The molecule has 0 aliphatic carbocycles. The minimum absolute atomic E-state index is 0.101. The van der Waals surface area contributed by atoms with Gasteiger partial charge in [0.2, 0.25) is 0 Å². The summed E-state index contributed by atoms with van der Waals surface area (Å²) in [5, 5.41) is 0.625. The summed E-state index contributed by atoms with van der Waals surface area (Å²) in [5.74, 6) is 1.28. The van der Waals surface area contributed by atoms with Crippen LogP contribution in [-0.2, 0) is 14.3 Å². The molecule has 34 heavy (non-hydrogen) atoms. The molecule has 0 atom stereocenters. The molecule has 0 unspecified atom stereocenters. The number of carbonyl (C=O) groups excluding carboxylic acids is 2. The zero-order valence-corrected chi connectivity index (χ0v) is 20.7. The smallest absolute Gasteiger partial charge is 0.343 e. The molecule has 180 valence electrons. The Hall–Kier alpha value is -3.46. The summed E-state index contributed by atoms with van der Waals surface area (Å²) in [6.45, 7) is 4.45. The number of thioether (sulfide) groups is 1. The molecule has 0 aromatic heterocycles. The lowest BCUT2D eigenvalue weighted by atomic mass is 10.1. The highest BCUT2D eigenvalue weighted by molar-refractivity contribution is 8.18. The van der Waals surface area contributed by atoms with E-state index in [0.29, 0.717) is 28.1 Å². The summed E-state index contributed by atoms with van der Waals surface area (Å²) in [6, 6.07) is 12.6. The van der Waals surface area contributed by atoms with Crippen molar-refractivity contribution in [2.75, 3.05) is 34.5 Å². The molecule has 0 bridgehead atoms. The quantitative estimate of drug-likeness (QED) is 0.382. The zero-order chi connectivity index (χ0) is 24.7. The number of rotatable bonds is 9. The van der Waals surface area contributed by atoms with Gasteiger partial charge in [-0.2, -0.15) is 0 Å². The van der Waals surface area contributed by atoms with Crippen molar-refractivity contribution in [3.63, 3.8) is 0 Å². The van der Waals surface area contributed by atoms with Crippen LogP contribution in [0.5, 0.6) is 17.2 Å². The van der Waals surface area contributed by atoms with Gasteiger partial charge in [0, 0.05) is 6.54 Å². The largest absolute Gasteiger partial charge is 0.497 e. The van der Waals surface area contributed by atoms with Crippen molar-refractivity contribution in [1.29, 1.82) is 0 Å². The molecule has 1 fully saturated rings. The van der Waals surface area contributed by atoms with Crippen molar-refractivity contribution < 1.29 is 28.5 Å². The summed E-state index contributed by atoms with van der Waals surface area (Å²) in [7, 11) is 4.42. The first-order valence-corrected chi connectivity index (χ1v) is 11.5. The topological polar surface area (TPSA) is 86.7 Å². The van der Waals surface area contributed by atoms with Crippen LogP contribution >= 0.6 is 11.8 Å². The van der Waals surface area contributed by atoms with E-state index in [1.165, 1.54) is 26.0 Å². The minimum atomic E-state index is -0.491. The van der Waals surface area contributed by atoms with Gasteiger partial charge in [0.15, 0.2) is 23.3 Å². The number of hydrogen-bond donors (Lipinski definition) is 0. The van der Waals surface area contributed by atoms with Crippen LogP contribution in [0.25, 0.3) is 6.08 Å². The third-order valence-electron chi connectivity index (χ3n) is 4.79. The maximum Gasteiger partial charge on any atom is 0.343 e. The molecule has 1 aliphatic heterocycles. The third kappa shape index (κ3) is 6.32. The van der Waals surface area contributed by atoms with Gasteiger partial charge >= 0.3 is 5.97 Å². The van der Waals surface area contributed by atoms with Crippen LogP contribution in [0.15, 0.2) is 52.4 Å². The van der Waals surface area contributed by atoms with Crippen LogP contribution in [0.4, 0.5) is 5.69 Å². The molecule has 0 radical (unpaired) electrons. The number of hydrogen-bond acceptors (Lipinski definition) is 8. The summed E-state index contributed by atoms with van der Waals surface area (Å²) in [6.07, 6.45) is 1.80. The molecular weight excluding hydrogens is 456 g/mol. The SMILES string of the molecule is COC(=O)COc1ccc(/C=C2/SC(=Nc3ccc(OC)cc3)N(CC(C)C)C2=O)cc1OC. The van der Waals surface area contributed by atoms with E-state index in [-0.39, 0.29) is 18.4 Å². The Balaban J connectivity index is 1.88. The van der Waals surface area contributed by atoms with E-state index in [1.54, 1.807) is 36.3 Å². The fourth-order valence-electron chi connectivity index (χ4n) is 3.12. The monoisotopic (exact) mass is 484 g/mol. The number of carbonyl (C=O) groups is 2. The summed E-state index contributed by atoms with van der Waals surface area (Å²) >= 11 is 1.33. The fraction of sp³-hybridized carbons (Fsp3) is 0.320. The first-order valence-electron chi connectivity index (χ1n) is 10.7. The second kappa shape index (κ2) is 11.6. The van der Waals surface area contributed by atoms with E-state index in [2.05, 4.69) is 18.6 Å². The Morgan fingerprint density at radius 2 is 1.79 bits per heavy atom. The lowest BCUT2D eigenvalue weighted by molar-refractivity contribution is -0.142. The van der Waals surface area contributed by atoms with Crippen molar-refractivity contribution in [2.45, 2.75) is 13.8 Å². The summed E-state index contributed by atoms with van der Waals surface area (Å²) < 4.78 is 20.7. The predicted molar refractivity (Wildman–Crippen MR) is 133 cm³/mol. The average Bonchev–Trinajstić information content (AvgIpc) is 3.11. The van der Waals surface area contributed by atoms with Gasteiger partial charge in [-0.05, 0) is 65.7 Å². The average molecular weight is 485 g/mol. The first kappa shape index (κ1) is 25.2. The fourth-order valence-corrected chi connectivity index (χ4v) is 4.13. The van der Waals surface area contributed by atoms with E-state index in [1.807, 2.05) is 24.3 Å². The lowest BCUT2D eigenvalue weighted by Gasteiger charge is -2.17. The predicted octanol–water partition coefficient (Wildman–Crippen LogP) is 4.52. The van der Waals surface area contributed by atoms with Gasteiger partial charge < -0.3 is 18.9 Å². The first-order chi connectivity index (χ1) is 16.3. The van der Waals surface area contributed by atoms with E-state index in [9.17, 15) is 9.59 Å². The van der Waals surface area contributed by atoms with Crippen molar-refractivity contribution in [2.24, 2.45) is 10.9 Å². The number of methoxy groups -OCH3 is 3. The molecule has 2 aromatic carbocycles. The molecule has 1 heterocycles. The van der Waals surface area contributed by atoms with Crippen LogP contribution in [0.3, 0.4) is 0 Å². The van der Waals surface area contributed by atoms with Crippen LogP contribution in [0.1, 0.15) is 19.4 Å². The van der Waals surface area contributed by atoms with E-state index < -0.39 is 5.97 Å². The van der Waals surface area contributed by atoms with Gasteiger partial charge in [-0.1, -0.05) is 19.9 Å². The van der Waals surface area contributed by atoms with Gasteiger partial charge in [0.25, 0.3) is 5.91 Å². The molecule has 1 amide bonds. The second-order valence-electron chi connectivity index (χ2n) is 7.79. The van der Waals surface area contributed by atoms with E-state index >= 15 is 0 Å². The Kier molecular flexibility index (Phi) is 8.59. The van der Waals surface area contributed by atoms with Crippen LogP contribution in [0.2, 0.25) is 0 Å². The maximum atomic E-state index is 13.2. The Morgan fingerprint density at radius 3 is 2.41 bits per heavy atom. The Bertz CT molecular complexity index is 1100. The number of amides is 1. The maximum absolute atomic E-state index is 13.2. The van der Waals surface area contributed by atoms with Gasteiger partial charge in [0.1, 0.15) is 5.75 Å². The molecule has 8 nitrogen and oxygen atoms in total. The molecule has 2 aromatic rings. The van der Waals surface area contributed by atoms with Crippen molar-refractivity contribution >= 4 is 40.6 Å². The lowest BCUT2D eigenvalue weighted by Crippen LogP contribution is -2.32. The number of amidine groups is 1. The Labute approximate surface area is 203 Å². The number of esters is 1. The van der Waals surface area contributed by atoms with Crippen LogP contribution in [-0.4, -0.2) is 56.4 Å². The van der Waals surface area contributed by atoms with Crippen molar-refractivity contribution in [3.8, 4) is 17.2 Å². The molecule has 0 N–H and O–H groups in total. The van der Waals surface area contributed by atoms with Crippen LogP contribution < -0.4 is 14.2 Å². The van der Waals surface area contributed by atoms with Crippen molar-refractivity contribution in [1.82, 2.24) is 4.90 Å². The van der Waals surface area contributed by atoms with Gasteiger partial charge in [-0.25, -0.2) is 9.79 Å². The number of ether oxygens (including phenoxy) is 4. The molecule has 0 spiro atoms. The normalized spacial score (nSPS) is 15.8. The summed E-state index contributed by atoms with van der Waals surface area (Å²) in [4.78, 5) is 31.5. The highest BCUT2D eigenvalue weighted by atomic mass is 32.2. The van der Waals surface area contributed by atoms with Crippen molar-refractivity contribution in [3.05, 3.63) is 52.9 Å². The van der Waals surface area contributed by atoms with E-state index in [4.69, 9.17) is 19.2 Å². The molecule has 9 heteroatoms.